The first-order chi connectivity index (χ1) is 19.1. The zero-order chi connectivity index (χ0) is 29.2. The van der Waals surface area contributed by atoms with Crippen molar-refractivity contribution in [1.29, 1.82) is 0 Å². The van der Waals surface area contributed by atoms with E-state index in [0.717, 1.165) is 50.0 Å². The number of amides is 1. The summed E-state index contributed by atoms with van der Waals surface area (Å²) in [6.45, 7) is 13.7. The van der Waals surface area contributed by atoms with Gasteiger partial charge in [0.25, 0.3) is 0 Å². The van der Waals surface area contributed by atoms with Gasteiger partial charge in [0.15, 0.2) is 0 Å². The molecule has 8 heteroatoms. The molecule has 1 aliphatic heterocycles. The van der Waals surface area contributed by atoms with Crippen molar-refractivity contribution in [3.63, 3.8) is 0 Å². The van der Waals surface area contributed by atoms with E-state index in [0.29, 0.717) is 19.5 Å². The van der Waals surface area contributed by atoms with Crippen molar-refractivity contribution in [3.8, 4) is 0 Å². The number of carbonyl (C=O) groups excluding carboxylic acids is 1. The zero-order valence-corrected chi connectivity index (χ0v) is 25.5. The first-order valence-corrected chi connectivity index (χ1v) is 16.0. The highest BCUT2D eigenvalue weighted by Crippen LogP contribution is 2.31. The topological polar surface area (TPSA) is 70.2 Å². The van der Waals surface area contributed by atoms with Gasteiger partial charge in [-0.1, -0.05) is 80.1 Å². The summed E-state index contributed by atoms with van der Waals surface area (Å²) < 4.78 is 32.7. The Labute approximate surface area is 241 Å². The number of piperidine rings is 1. The minimum atomic E-state index is -3.29. The molecule has 2 aromatic rings. The summed E-state index contributed by atoms with van der Waals surface area (Å²) in [5.74, 6) is 0.163. The highest BCUT2D eigenvalue weighted by atomic mass is 32.2. The van der Waals surface area contributed by atoms with Crippen LogP contribution in [0.25, 0.3) is 0 Å². The van der Waals surface area contributed by atoms with Crippen LogP contribution in [0.1, 0.15) is 56.2 Å². The fourth-order valence-electron chi connectivity index (χ4n) is 5.44. The third-order valence-electron chi connectivity index (χ3n) is 8.00. The first kappa shape index (κ1) is 31.8. The Hall–Kier alpha value is -2.68. The van der Waals surface area contributed by atoms with Crippen LogP contribution >= 0.6 is 0 Å². The number of aryl methyl sites for hydroxylation is 1. The maximum atomic E-state index is 13.0. The molecule has 2 aromatic carbocycles. The van der Waals surface area contributed by atoms with Crippen LogP contribution < -0.4 is 0 Å². The summed E-state index contributed by atoms with van der Waals surface area (Å²) in [5, 5.41) is 0. The predicted octanol–water partition coefficient (Wildman–Crippen LogP) is 5.60. The van der Waals surface area contributed by atoms with Crippen LogP contribution in [0.4, 0.5) is 4.79 Å². The van der Waals surface area contributed by atoms with Crippen LogP contribution in [-0.4, -0.2) is 80.2 Å². The van der Waals surface area contributed by atoms with Crippen molar-refractivity contribution in [2.45, 2.75) is 64.5 Å². The predicted molar refractivity (Wildman–Crippen MR) is 163 cm³/mol. The summed E-state index contributed by atoms with van der Waals surface area (Å²) >= 11 is 0. The number of hydrogen-bond donors (Lipinski definition) is 0. The SMILES string of the molecule is C=CCN(C(=O)OCc1ccc(C)cc1)C1CCN(CCC(C)(CN(C)S(=O)(=O)CCC)c2ccccc2)CC1. The average Bonchev–Trinajstić information content (AvgIpc) is 2.95. The number of sulfonamides is 1. The van der Waals surface area contributed by atoms with Crippen LogP contribution in [0.5, 0.6) is 0 Å². The lowest BCUT2D eigenvalue weighted by Gasteiger charge is -2.40. The molecule has 1 amide bonds. The van der Waals surface area contributed by atoms with E-state index in [1.54, 1.807) is 18.0 Å². The fourth-order valence-corrected chi connectivity index (χ4v) is 6.75. The van der Waals surface area contributed by atoms with Crippen LogP contribution in [0.2, 0.25) is 0 Å². The van der Waals surface area contributed by atoms with E-state index in [9.17, 15) is 13.2 Å². The van der Waals surface area contributed by atoms with Crippen molar-refractivity contribution in [2.24, 2.45) is 0 Å². The van der Waals surface area contributed by atoms with E-state index in [1.165, 1.54) is 9.87 Å². The Morgan fingerprint density at radius 2 is 1.77 bits per heavy atom. The molecule has 1 heterocycles. The second-order valence-electron chi connectivity index (χ2n) is 11.3. The molecule has 1 aliphatic rings. The van der Waals surface area contributed by atoms with Crippen LogP contribution in [0.3, 0.4) is 0 Å². The number of nitrogens with zero attached hydrogens (tertiary/aromatic N) is 3. The van der Waals surface area contributed by atoms with Crippen molar-refractivity contribution >= 4 is 16.1 Å². The molecule has 1 atom stereocenters. The van der Waals surface area contributed by atoms with E-state index < -0.39 is 10.0 Å². The molecule has 0 aliphatic carbocycles. The normalized spacial score (nSPS) is 16.4. The van der Waals surface area contributed by atoms with Gasteiger partial charge in [0.2, 0.25) is 10.0 Å². The molecule has 1 fully saturated rings. The molecule has 7 nitrogen and oxygen atoms in total. The van der Waals surface area contributed by atoms with Gasteiger partial charge in [-0.15, -0.1) is 6.58 Å². The lowest BCUT2D eigenvalue weighted by Crippen LogP contribution is -2.49. The fraction of sp³-hybridized carbons (Fsp3) is 0.531. The number of likely N-dealkylation sites (tertiary alicyclic amines) is 1. The minimum Gasteiger partial charge on any atom is -0.445 e. The highest BCUT2D eigenvalue weighted by molar-refractivity contribution is 7.89. The number of ether oxygens (including phenoxy) is 1. The summed E-state index contributed by atoms with van der Waals surface area (Å²) in [6.07, 6.45) is 4.62. The number of carbonyl (C=O) groups is 1. The van der Waals surface area contributed by atoms with Gasteiger partial charge in [0, 0.05) is 44.7 Å². The van der Waals surface area contributed by atoms with Gasteiger partial charge >= 0.3 is 6.09 Å². The summed E-state index contributed by atoms with van der Waals surface area (Å²) in [4.78, 5) is 17.2. The second kappa shape index (κ2) is 14.8. The lowest BCUT2D eigenvalue weighted by molar-refractivity contribution is 0.0647. The largest absolute Gasteiger partial charge is 0.445 e. The van der Waals surface area contributed by atoms with E-state index in [1.807, 2.05) is 56.3 Å². The molecule has 0 bridgehead atoms. The standard InChI is InChI=1S/C32H47N3O4S/c1-6-20-35(31(36)39-25-28-15-13-27(3)14-16-28)30-17-21-34(22-18-30)23-19-32(4,29-11-9-8-10-12-29)26-33(5)40(37,38)24-7-2/h6,8-16,30H,1,7,17-26H2,2-5H3. The quantitative estimate of drug-likeness (QED) is 0.277. The molecule has 0 aromatic heterocycles. The van der Waals surface area contributed by atoms with Gasteiger partial charge < -0.3 is 14.5 Å². The maximum Gasteiger partial charge on any atom is 0.410 e. The lowest BCUT2D eigenvalue weighted by atomic mass is 9.79. The van der Waals surface area contributed by atoms with Gasteiger partial charge in [0.1, 0.15) is 6.61 Å². The van der Waals surface area contributed by atoms with E-state index in [-0.39, 0.29) is 29.9 Å². The Morgan fingerprint density at radius 1 is 1.12 bits per heavy atom. The van der Waals surface area contributed by atoms with Crippen molar-refractivity contribution in [3.05, 3.63) is 83.9 Å². The Bertz CT molecular complexity index is 1180. The van der Waals surface area contributed by atoms with Crippen molar-refractivity contribution < 1.29 is 17.9 Å². The molecule has 0 saturated carbocycles. The van der Waals surface area contributed by atoms with Gasteiger partial charge in [-0.05, 0) is 50.3 Å². The van der Waals surface area contributed by atoms with Crippen molar-refractivity contribution in [2.75, 3.05) is 45.5 Å². The monoisotopic (exact) mass is 569 g/mol. The molecule has 1 unspecified atom stereocenters. The average molecular weight is 570 g/mol. The number of hydrogen-bond acceptors (Lipinski definition) is 5. The highest BCUT2D eigenvalue weighted by Gasteiger charge is 2.34. The van der Waals surface area contributed by atoms with Gasteiger partial charge in [-0.3, -0.25) is 0 Å². The smallest absolute Gasteiger partial charge is 0.410 e. The van der Waals surface area contributed by atoms with Crippen LogP contribution in [0, 0.1) is 6.92 Å². The number of benzene rings is 2. The Balaban J connectivity index is 1.59. The van der Waals surface area contributed by atoms with E-state index in [4.69, 9.17) is 4.74 Å². The van der Waals surface area contributed by atoms with Gasteiger partial charge in [0.05, 0.1) is 5.75 Å². The zero-order valence-electron chi connectivity index (χ0n) is 24.7. The third-order valence-corrected chi connectivity index (χ3v) is 10.0. The van der Waals surface area contributed by atoms with Crippen LogP contribution in [0.15, 0.2) is 67.3 Å². The maximum absolute atomic E-state index is 13.0. The molecule has 3 rings (SSSR count). The van der Waals surface area contributed by atoms with Gasteiger partial charge in [-0.2, -0.15) is 0 Å². The Kier molecular flexibility index (Phi) is 11.8. The van der Waals surface area contributed by atoms with Crippen LogP contribution in [-0.2, 0) is 26.8 Å². The van der Waals surface area contributed by atoms with E-state index in [2.05, 4.69) is 30.5 Å². The molecule has 1 saturated heterocycles. The first-order valence-electron chi connectivity index (χ1n) is 14.4. The van der Waals surface area contributed by atoms with Crippen molar-refractivity contribution in [1.82, 2.24) is 14.1 Å². The summed E-state index contributed by atoms with van der Waals surface area (Å²) in [6, 6.07) is 18.3. The molecule has 0 radical (unpaired) electrons. The van der Waals surface area contributed by atoms with E-state index >= 15 is 0 Å². The molecular weight excluding hydrogens is 522 g/mol. The number of rotatable bonds is 14. The second-order valence-corrected chi connectivity index (χ2v) is 13.5. The molecular formula is C32H47N3O4S. The number of likely N-dealkylation sites (N-methyl/N-ethyl adjacent to an activating group) is 1. The Morgan fingerprint density at radius 3 is 2.38 bits per heavy atom. The third kappa shape index (κ3) is 8.91. The summed E-state index contributed by atoms with van der Waals surface area (Å²) in [5.41, 5.74) is 2.98. The molecule has 0 N–H and O–H groups in total. The van der Waals surface area contributed by atoms with Gasteiger partial charge in [-0.25, -0.2) is 17.5 Å². The molecule has 220 valence electrons. The molecule has 0 spiro atoms. The minimum absolute atomic E-state index is 0.102. The molecule has 40 heavy (non-hydrogen) atoms. The summed E-state index contributed by atoms with van der Waals surface area (Å²) in [7, 11) is -1.59.